The molecule has 18 heavy (non-hydrogen) atoms. The molecule has 1 aromatic heterocycles. The first kappa shape index (κ1) is 12.9. The molecule has 0 amide bonds. The summed E-state index contributed by atoms with van der Waals surface area (Å²) in [5, 5.41) is 2.94. The Balaban J connectivity index is 2.22. The first-order valence-electron chi connectivity index (χ1n) is 6.43. The molecule has 0 bridgehead atoms. The Hall–Kier alpha value is -1.59. The van der Waals surface area contributed by atoms with Crippen LogP contribution in [-0.2, 0) is 0 Å². The van der Waals surface area contributed by atoms with Gasteiger partial charge in [-0.15, -0.1) is 0 Å². The Morgan fingerprint density at radius 3 is 2.50 bits per heavy atom. The summed E-state index contributed by atoms with van der Waals surface area (Å²) in [5.74, 6) is 1.22. The van der Waals surface area contributed by atoms with Gasteiger partial charge in [-0.2, -0.15) is 15.0 Å². The molecule has 1 aliphatic rings. The van der Waals surface area contributed by atoms with E-state index in [-0.39, 0.29) is 6.10 Å². The minimum absolute atomic E-state index is 0.0546. The van der Waals surface area contributed by atoms with Gasteiger partial charge in [-0.3, -0.25) is 0 Å². The molecular formula is C12H21N5O. The number of nitrogens with one attached hydrogen (secondary N) is 1. The lowest BCUT2D eigenvalue weighted by molar-refractivity contribution is 0.221. The Kier molecular flexibility index (Phi) is 3.84. The number of aromatic nitrogens is 3. The molecular weight excluding hydrogens is 230 g/mol. The maximum Gasteiger partial charge on any atom is 0.323 e. The number of rotatable bonds is 5. The lowest BCUT2D eigenvalue weighted by Crippen LogP contribution is -2.38. The zero-order valence-corrected chi connectivity index (χ0v) is 11.5. The SMILES string of the molecule is CNc1nc(OC(C)C)nc(N(C)C2CCC2)n1. The number of nitrogens with zero attached hydrogens (tertiary/aromatic N) is 4. The van der Waals surface area contributed by atoms with Crippen molar-refractivity contribution >= 4 is 11.9 Å². The molecule has 0 spiro atoms. The first-order valence-corrected chi connectivity index (χ1v) is 6.43. The second kappa shape index (κ2) is 5.37. The highest BCUT2D eigenvalue weighted by Gasteiger charge is 2.25. The van der Waals surface area contributed by atoms with Crippen LogP contribution in [0.25, 0.3) is 0 Å². The van der Waals surface area contributed by atoms with Crippen molar-refractivity contribution < 1.29 is 4.74 Å². The van der Waals surface area contributed by atoms with E-state index in [9.17, 15) is 0 Å². The minimum atomic E-state index is 0.0546. The van der Waals surface area contributed by atoms with E-state index in [1.165, 1.54) is 19.3 Å². The summed E-state index contributed by atoms with van der Waals surface area (Å²) in [4.78, 5) is 15.0. The predicted octanol–water partition coefficient (Wildman–Crippen LogP) is 1.69. The van der Waals surface area contributed by atoms with Gasteiger partial charge in [0.2, 0.25) is 11.9 Å². The Labute approximate surface area is 108 Å². The molecule has 0 aromatic carbocycles. The third kappa shape index (κ3) is 2.80. The van der Waals surface area contributed by atoms with Crippen molar-refractivity contribution in [3.63, 3.8) is 0 Å². The molecule has 0 radical (unpaired) electrons. The van der Waals surface area contributed by atoms with Crippen LogP contribution >= 0.6 is 0 Å². The van der Waals surface area contributed by atoms with Crippen molar-refractivity contribution in [2.24, 2.45) is 0 Å². The van der Waals surface area contributed by atoms with Crippen LogP contribution in [0.2, 0.25) is 0 Å². The lowest BCUT2D eigenvalue weighted by atomic mass is 9.92. The van der Waals surface area contributed by atoms with E-state index in [1.54, 1.807) is 7.05 Å². The van der Waals surface area contributed by atoms with E-state index in [1.807, 2.05) is 20.9 Å². The highest BCUT2D eigenvalue weighted by atomic mass is 16.5. The quantitative estimate of drug-likeness (QED) is 0.859. The Morgan fingerprint density at radius 2 is 2.00 bits per heavy atom. The van der Waals surface area contributed by atoms with Crippen LogP contribution < -0.4 is 15.0 Å². The summed E-state index contributed by atoms with van der Waals surface area (Å²) in [6, 6.07) is 0.925. The highest BCUT2D eigenvalue weighted by molar-refractivity contribution is 5.38. The fourth-order valence-electron chi connectivity index (χ4n) is 1.82. The summed E-state index contributed by atoms with van der Waals surface area (Å²) in [5.41, 5.74) is 0. The van der Waals surface area contributed by atoms with Gasteiger partial charge in [-0.05, 0) is 33.1 Å². The maximum atomic E-state index is 5.55. The summed E-state index contributed by atoms with van der Waals surface area (Å²) >= 11 is 0. The molecule has 2 rings (SSSR count). The van der Waals surface area contributed by atoms with Crippen molar-refractivity contribution in [3.8, 4) is 6.01 Å². The van der Waals surface area contributed by atoms with E-state index >= 15 is 0 Å². The topological polar surface area (TPSA) is 63.2 Å². The van der Waals surface area contributed by atoms with Gasteiger partial charge in [-0.25, -0.2) is 0 Å². The molecule has 0 aliphatic heterocycles. The van der Waals surface area contributed by atoms with Gasteiger partial charge in [0.05, 0.1) is 6.10 Å². The van der Waals surface area contributed by atoms with Gasteiger partial charge in [0.15, 0.2) is 0 Å². The van der Waals surface area contributed by atoms with Crippen LogP contribution in [0.5, 0.6) is 6.01 Å². The van der Waals surface area contributed by atoms with E-state index in [2.05, 4.69) is 25.2 Å². The van der Waals surface area contributed by atoms with E-state index in [4.69, 9.17) is 4.74 Å². The number of hydrogen-bond donors (Lipinski definition) is 1. The van der Waals surface area contributed by atoms with Gasteiger partial charge in [-0.1, -0.05) is 0 Å². The van der Waals surface area contributed by atoms with Gasteiger partial charge in [0.25, 0.3) is 0 Å². The lowest BCUT2D eigenvalue weighted by Gasteiger charge is -2.34. The van der Waals surface area contributed by atoms with Crippen molar-refractivity contribution in [1.82, 2.24) is 15.0 Å². The van der Waals surface area contributed by atoms with Crippen molar-refractivity contribution in [3.05, 3.63) is 0 Å². The van der Waals surface area contributed by atoms with Gasteiger partial charge in [0.1, 0.15) is 0 Å². The normalized spacial score (nSPS) is 15.4. The van der Waals surface area contributed by atoms with E-state index in [0.717, 1.165) is 0 Å². The standard InChI is InChI=1S/C12H21N5O/c1-8(2)18-12-15-10(13-3)14-11(16-12)17(4)9-6-5-7-9/h8-9H,5-7H2,1-4H3,(H,13,14,15,16). The van der Waals surface area contributed by atoms with Crippen LogP contribution in [0.3, 0.4) is 0 Å². The summed E-state index contributed by atoms with van der Waals surface area (Å²) < 4.78 is 5.55. The van der Waals surface area contributed by atoms with Crippen LogP contribution in [0.4, 0.5) is 11.9 Å². The van der Waals surface area contributed by atoms with Crippen LogP contribution in [-0.4, -0.2) is 41.2 Å². The van der Waals surface area contributed by atoms with Crippen molar-refractivity contribution in [2.45, 2.75) is 45.3 Å². The Bertz CT molecular complexity index is 405. The monoisotopic (exact) mass is 251 g/mol. The predicted molar refractivity (Wildman–Crippen MR) is 71.2 cm³/mol. The maximum absolute atomic E-state index is 5.55. The molecule has 1 aliphatic carbocycles. The van der Waals surface area contributed by atoms with Gasteiger partial charge >= 0.3 is 6.01 Å². The fraction of sp³-hybridized carbons (Fsp3) is 0.750. The minimum Gasteiger partial charge on any atom is -0.461 e. The highest BCUT2D eigenvalue weighted by Crippen LogP contribution is 2.27. The molecule has 6 heteroatoms. The summed E-state index contributed by atoms with van der Waals surface area (Å²) in [6.45, 7) is 3.91. The first-order chi connectivity index (χ1) is 8.60. The largest absolute Gasteiger partial charge is 0.461 e. The van der Waals surface area contributed by atoms with Crippen molar-refractivity contribution in [1.29, 1.82) is 0 Å². The third-order valence-electron chi connectivity index (χ3n) is 3.11. The molecule has 1 fully saturated rings. The zero-order chi connectivity index (χ0) is 13.1. The number of ether oxygens (including phenoxy) is 1. The average Bonchev–Trinajstić information content (AvgIpc) is 2.25. The van der Waals surface area contributed by atoms with Crippen LogP contribution in [0.1, 0.15) is 33.1 Å². The van der Waals surface area contributed by atoms with E-state index < -0.39 is 0 Å². The zero-order valence-electron chi connectivity index (χ0n) is 11.5. The smallest absolute Gasteiger partial charge is 0.323 e. The number of anilines is 2. The number of hydrogen-bond acceptors (Lipinski definition) is 6. The third-order valence-corrected chi connectivity index (χ3v) is 3.11. The molecule has 1 saturated carbocycles. The molecule has 1 N–H and O–H groups in total. The van der Waals surface area contributed by atoms with Gasteiger partial charge in [0, 0.05) is 20.1 Å². The fourth-order valence-corrected chi connectivity index (χ4v) is 1.82. The second-order valence-corrected chi connectivity index (χ2v) is 4.85. The molecule has 1 aromatic rings. The van der Waals surface area contributed by atoms with Crippen LogP contribution in [0.15, 0.2) is 0 Å². The van der Waals surface area contributed by atoms with E-state index in [0.29, 0.717) is 23.9 Å². The average molecular weight is 251 g/mol. The van der Waals surface area contributed by atoms with Gasteiger partial charge < -0.3 is 15.0 Å². The second-order valence-electron chi connectivity index (χ2n) is 4.85. The molecule has 1 heterocycles. The molecule has 0 saturated heterocycles. The van der Waals surface area contributed by atoms with Crippen molar-refractivity contribution in [2.75, 3.05) is 24.3 Å². The van der Waals surface area contributed by atoms with Crippen LogP contribution in [0, 0.1) is 0 Å². The molecule has 100 valence electrons. The molecule has 0 atom stereocenters. The molecule has 6 nitrogen and oxygen atoms in total. The Morgan fingerprint density at radius 1 is 1.28 bits per heavy atom. The molecule has 0 unspecified atom stereocenters. The summed E-state index contributed by atoms with van der Waals surface area (Å²) in [6.07, 6.45) is 3.75. The summed E-state index contributed by atoms with van der Waals surface area (Å²) in [7, 11) is 3.82.